The molecule has 0 bridgehead atoms. The van der Waals surface area contributed by atoms with Gasteiger partial charge in [0.15, 0.2) is 15.7 Å². The molecule has 1 unspecified atom stereocenters. The van der Waals surface area contributed by atoms with Crippen molar-refractivity contribution in [3.63, 3.8) is 0 Å². The number of aromatic nitrogens is 3. The molecule has 0 aliphatic carbocycles. The summed E-state index contributed by atoms with van der Waals surface area (Å²) in [7, 11) is -2.93. The van der Waals surface area contributed by atoms with E-state index in [1.54, 1.807) is 12.4 Å². The van der Waals surface area contributed by atoms with Gasteiger partial charge in [-0.25, -0.2) is 18.4 Å². The van der Waals surface area contributed by atoms with Crippen molar-refractivity contribution in [2.75, 3.05) is 16.8 Å². The molecule has 3 rings (SSSR count). The molecular formula is C14H18N4O2S. The number of pyridine rings is 1. The standard InChI is InChI=1S/C14H18N4O2S/c1-11-15-7-8-18(11)14-13(5-2-6-16-14)17-12-4-3-9-21(19,20)10-12/h2,5-8,12,17H,3-4,9-10H2,1H3. The maximum absolute atomic E-state index is 11.7. The van der Waals surface area contributed by atoms with Gasteiger partial charge >= 0.3 is 0 Å². The Hall–Kier alpha value is -1.89. The Kier molecular flexibility index (Phi) is 3.67. The van der Waals surface area contributed by atoms with Gasteiger partial charge in [0.05, 0.1) is 17.2 Å². The normalized spacial score (nSPS) is 21.1. The largest absolute Gasteiger partial charge is 0.378 e. The summed E-state index contributed by atoms with van der Waals surface area (Å²) in [6.45, 7) is 1.91. The average molecular weight is 306 g/mol. The molecule has 1 aliphatic rings. The first-order valence-corrected chi connectivity index (χ1v) is 8.79. The zero-order valence-electron chi connectivity index (χ0n) is 11.9. The highest BCUT2D eigenvalue weighted by atomic mass is 32.2. The Balaban J connectivity index is 1.88. The van der Waals surface area contributed by atoms with Crippen molar-refractivity contribution < 1.29 is 8.42 Å². The van der Waals surface area contributed by atoms with E-state index >= 15 is 0 Å². The minimum Gasteiger partial charge on any atom is -0.378 e. The molecule has 112 valence electrons. The Labute approximate surface area is 124 Å². The first-order chi connectivity index (χ1) is 10.1. The number of hydrogen-bond donors (Lipinski definition) is 1. The summed E-state index contributed by atoms with van der Waals surface area (Å²) in [4.78, 5) is 8.60. The minimum absolute atomic E-state index is 0.0597. The molecule has 21 heavy (non-hydrogen) atoms. The third-order valence-corrected chi connectivity index (χ3v) is 5.48. The molecule has 1 saturated heterocycles. The zero-order chi connectivity index (χ0) is 14.9. The van der Waals surface area contributed by atoms with Crippen molar-refractivity contribution in [1.82, 2.24) is 14.5 Å². The average Bonchev–Trinajstić information content (AvgIpc) is 2.84. The first kappa shape index (κ1) is 14.1. The predicted molar refractivity (Wildman–Crippen MR) is 81.4 cm³/mol. The SMILES string of the molecule is Cc1nccn1-c1ncccc1NC1CCCS(=O)(=O)C1. The van der Waals surface area contributed by atoms with E-state index in [-0.39, 0.29) is 11.8 Å². The Bertz CT molecular complexity index is 739. The summed E-state index contributed by atoms with van der Waals surface area (Å²) >= 11 is 0. The molecular weight excluding hydrogens is 288 g/mol. The van der Waals surface area contributed by atoms with Gasteiger partial charge in [0, 0.05) is 24.6 Å². The summed E-state index contributed by atoms with van der Waals surface area (Å²) in [5.41, 5.74) is 0.834. The van der Waals surface area contributed by atoms with Gasteiger partial charge in [0.2, 0.25) is 0 Å². The molecule has 0 aromatic carbocycles. The van der Waals surface area contributed by atoms with Gasteiger partial charge in [-0.3, -0.25) is 4.57 Å². The van der Waals surface area contributed by atoms with Crippen LogP contribution in [0, 0.1) is 6.92 Å². The molecule has 0 amide bonds. The van der Waals surface area contributed by atoms with Crippen LogP contribution in [0.1, 0.15) is 18.7 Å². The fourth-order valence-corrected chi connectivity index (χ4v) is 4.30. The van der Waals surface area contributed by atoms with Crippen LogP contribution in [0.5, 0.6) is 0 Å². The van der Waals surface area contributed by atoms with Crippen molar-refractivity contribution in [2.45, 2.75) is 25.8 Å². The maximum Gasteiger partial charge on any atom is 0.161 e. The van der Waals surface area contributed by atoms with Gasteiger partial charge < -0.3 is 5.32 Å². The zero-order valence-corrected chi connectivity index (χ0v) is 12.7. The van der Waals surface area contributed by atoms with E-state index in [0.717, 1.165) is 23.8 Å². The molecule has 1 atom stereocenters. The second-order valence-electron chi connectivity index (χ2n) is 5.32. The topological polar surface area (TPSA) is 76.9 Å². The van der Waals surface area contributed by atoms with Crippen LogP contribution < -0.4 is 5.32 Å². The van der Waals surface area contributed by atoms with E-state index in [2.05, 4.69) is 15.3 Å². The molecule has 1 fully saturated rings. The van der Waals surface area contributed by atoms with Crippen molar-refractivity contribution in [3.8, 4) is 5.82 Å². The van der Waals surface area contributed by atoms with E-state index < -0.39 is 9.84 Å². The minimum atomic E-state index is -2.93. The van der Waals surface area contributed by atoms with Crippen molar-refractivity contribution in [3.05, 3.63) is 36.5 Å². The molecule has 2 aromatic rings. The van der Waals surface area contributed by atoms with Gasteiger partial charge in [-0.15, -0.1) is 0 Å². The molecule has 7 heteroatoms. The highest BCUT2D eigenvalue weighted by molar-refractivity contribution is 7.91. The summed E-state index contributed by atoms with van der Waals surface area (Å²) < 4.78 is 25.4. The van der Waals surface area contributed by atoms with Crippen LogP contribution in [-0.2, 0) is 9.84 Å². The van der Waals surface area contributed by atoms with Crippen LogP contribution in [0.15, 0.2) is 30.7 Å². The molecule has 3 heterocycles. The quantitative estimate of drug-likeness (QED) is 0.931. The van der Waals surface area contributed by atoms with Gasteiger partial charge in [0.25, 0.3) is 0 Å². The lowest BCUT2D eigenvalue weighted by Gasteiger charge is -2.25. The number of imidazole rings is 1. The second kappa shape index (κ2) is 5.48. The van der Waals surface area contributed by atoms with Gasteiger partial charge in [-0.1, -0.05) is 0 Å². The van der Waals surface area contributed by atoms with Gasteiger partial charge in [-0.05, 0) is 31.9 Å². The van der Waals surface area contributed by atoms with Crippen molar-refractivity contribution >= 4 is 15.5 Å². The summed E-state index contributed by atoms with van der Waals surface area (Å²) in [6, 6.07) is 3.70. The molecule has 0 saturated carbocycles. The second-order valence-corrected chi connectivity index (χ2v) is 7.55. The van der Waals surface area contributed by atoms with E-state index in [9.17, 15) is 8.42 Å². The number of nitrogens with one attached hydrogen (secondary N) is 1. The number of sulfone groups is 1. The van der Waals surface area contributed by atoms with Crippen LogP contribution >= 0.6 is 0 Å². The van der Waals surface area contributed by atoms with Crippen LogP contribution in [0.3, 0.4) is 0 Å². The van der Waals surface area contributed by atoms with Crippen LogP contribution in [-0.4, -0.2) is 40.5 Å². The molecule has 6 nitrogen and oxygen atoms in total. The summed E-state index contributed by atoms with van der Waals surface area (Å²) in [5, 5.41) is 3.33. The van der Waals surface area contributed by atoms with Crippen molar-refractivity contribution in [1.29, 1.82) is 0 Å². The van der Waals surface area contributed by atoms with E-state index in [0.29, 0.717) is 12.2 Å². The number of rotatable bonds is 3. The lowest BCUT2D eigenvalue weighted by molar-refractivity contribution is 0.562. The highest BCUT2D eigenvalue weighted by Crippen LogP contribution is 2.22. The van der Waals surface area contributed by atoms with Gasteiger partial charge in [-0.2, -0.15) is 0 Å². The van der Waals surface area contributed by atoms with Crippen molar-refractivity contribution in [2.24, 2.45) is 0 Å². The molecule has 0 spiro atoms. The lowest BCUT2D eigenvalue weighted by Crippen LogP contribution is -2.35. The lowest BCUT2D eigenvalue weighted by atomic mass is 10.2. The van der Waals surface area contributed by atoms with E-state index in [4.69, 9.17) is 0 Å². The number of anilines is 1. The fraction of sp³-hybridized carbons (Fsp3) is 0.429. The fourth-order valence-electron chi connectivity index (χ4n) is 2.66. The predicted octanol–water partition coefficient (Wildman–Crippen LogP) is 1.56. The molecule has 1 N–H and O–H groups in total. The first-order valence-electron chi connectivity index (χ1n) is 6.97. The monoisotopic (exact) mass is 306 g/mol. The molecule has 1 aliphatic heterocycles. The Morgan fingerprint density at radius 2 is 2.19 bits per heavy atom. The number of hydrogen-bond acceptors (Lipinski definition) is 5. The summed E-state index contributed by atoms with van der Waals surface area (Å²) in [5.74, 6) is 2.07. The van der Waals surface area contributed by atoms with Crippen LogP contribution in [0.25, 0.3) is 5.82 Å². The smallest absolute Gasteiger partial charge is 0.161 e. The van der Waals surface area contributed by atoms with E-state index in [1.165, 1.54) is 0 Å². The molecule has 0 radical (unpaired) electrons. The third-order valence-electron chi connectivity index (χ3n) is 3.66. The number of nitrogens with zero attached hydrogens (tertiary/aromatic N) is 3. The highest BCUT2D eigenvalue weighted by Gasteiger charge is 2.25. The Morgan fingerprint density at radius 1 is 1.33 bits per heavy atom. The van der Waals surface area contributed by atoms with Crippen LogP contribution in [0.4, 0.5) is 5.69 Å². The third kappa shape index (κ3) is 3.07. The summed E-state index contributed by atoms with van der Waals surface area (Å²) in [6.07, 6.45) is 6.85. The van der Waals surface area contributed by atoms with Gasteiger partial charge in [0.1, 0.15) is 5.82 Å². The van der Waals surface area contributed by atoms with Crippen LogP contribution in [0.2, 0.25) is 0 Å². The Morgan fingerprint density at radius 3 is 2.90 bits per heavy atom. The number of aryl methyl sites for hydroxylation is 1. The maximum atomic E-state index is 11.7. The van der Waals surface area contributed by atoms with E-state index in [1.807, 2.05) is 29.8 Å². The molecule has 2 aromatic heterocycles.